The summed E-state index contributed by atoms with van der Waals surface area (Å²) in [6.45, 7) is 0.835. The molecule has 5 heteroatoms. The van der Waals surface area contributed by atoms with Gasteiger partial charge in [0.05, 0.1) is 17.7 Å². The smallest absolute Gasteiger partial charge is 0.139 e. The zero-order chi connectivity index (χ0) is 13.0. The van der Waals surface area contributed by atoms with Crippen LogP contribution in [0.5, 0.6) is 5.75 Å². The highest BCUT2D eigenvalue weighted by Gasteiger charge is 2.10. The number of rotatable bonds is 4. The molecule has 18 heavy (non-hydrogen) atoms. The van der Waals surface area contributed by atoms with Crippen LogP contribution in [0.4, 0.5) is 0 Å². The Morgan fingerprint density at radius 1 is 1.44 bits per heavy atom. The summed E-state index contributed by atoms with van der Waals surface area (Å²) in [5.74, 6) is 2.97. The number of aromatic nitrogens is 2. The maximum Gasteiger partial charge on any atom is 0.139 e. The van der Waals surface area contributed by atoms with Crippen molar-refractivity contribution in [2.75, 3.05) is 20.3 Å². The fraction of sp³-hybridized carbons (Fsp3) is 0.231. The molecule has 0 unspecified atom stereocenters. The van der Waals surface area contributed by atoms with E-state index in [9.17, 15) is 0 Å². The van der Waals surface area contributed by atoms with Crippen LogP contribution in [0.3, 0.4) is 0 Å². The molecule has 0 radical (unpaired) electrons. The molecule has 5 nitrogen and oxygen atoms in total. The van der Waals surface area contributed by atoms with Crippen molar-refractivity contribution in [1.82, 2.24) is 10.2 Å². The van der Waals surface area contributed by atoms with E-state index in [4.69, 9.17) is 21.2 Å². The van der Waals surface area contributed by atoms with Gasteiger partial charge in [0.25, 0.3) is 0 Å². The summed E-state index contributed by atoms with van der Waals surface area (Å²) in [6, 6.07) is 5.45. The van der Waals surface area contributed by atoms with Crippen molar-refractivity contribution in [3.05, 3.63) is 23.4 Å². The Labute approximate surface area is 104 Å². The van der Waals surface area contributed by atoms with E-state index in [1.165, 1.54) is 0 Å². The van der Waals surface area contributed by atoms with Crippen LogP contribution in [-0.2, 0) is 4.74 Å². The molecule has 90 valence electrons. The first-order valence-corrected chi connectivity index (χ1v) is 5.30. The summed E-state index contributed by atoms with van der Waals surface area (Å²) in [6.07, 6.45) is 5.34. The monoisotopic (exact) mass is 241 g/mol. The minimum atomic E-state index is 0.378. The number of fused-ring (bicyclic) bond motifs is 1. The van der Waals surface area contributed by atoms with Crippen LogP contribution >= 0.6 is 0 Å². The Kier molecular flexibility index (Phi) is 3.47. The third kappa shape index (κ3) is 2.13. The quantitative estimate of drug-likeness (QED) is 0.649. The summed E-state index contributed by atoms with van der Waals surface area (Å²) in [5.41, 5.74) is 1.66. The van der Waals surface area contributed by atoms with Gasteiger partial charge in [0.2, 0.25) is 0 Å². The Hall–Kier alpha value is -2.50. The summed E-state index contributed by atoms with van der Waals surface area (Å²) >= 11 is 0. The summed E-state index contributed by atoms with van der Waals surface area (Å²) in [4.78, 5) is 0. The lowest BCUT2D eigenvalue weighted by Gasteiger charge is -2.07. The Morgan fingerprint density at radius 2 is 2.28 bits per heavy atom. The molecule has 2 rings (SSSR count). The van der Waals surface area contributed by atoms with Crippen molar-refractivity contribution in [3.8, 4) is 24.2 Å². The average molecular weight is 241 g/mol. The van der Waals surface area contributed by atoms with Gasteiger partial charge in [-0.25, -0.2) is 0 Å². The number of hydrogen-bond donors (Lipinski definition) is 1. The Morgan fingerprint density at radius 3 is 2.94 bits per heavy atom. The first kappa shape index (κ1) is 12.0. The van der Waals surface area contributed by atoms with Gasteiger partial charge in [-0.05, 0) is 6.07 Å². The van der Waals surface area contributed by atoms with Crippen molar-refractivity contribution in [2.45, 2.75) is 0 Å². The van der Waals surface area contributed by atoms with E-state index in [2.05, 4.69) is 22.2 Å². The van der Waals surface area contributed by atoms with Crippen LogP contribution in [0.2, 0.25) is 0 Å². The van der Waals surface area contributed by atoms with Gasteiger partial charge in [-0.15, -0.1) is 6.42 Å². The lowest BCUT2D eigenvalue weighted by atomic mass is 10.1. The number of ether oxygens (including phenoxy) is 2. The number of hydrogen-bond acceptors (Lipinski definition) is 4. The molecule has 1 aromatic carbocycles. The van der Waals surface area contributed by atoms with Crippen LogP contribution in [0.15, 0.2) is 12.1 Å². The fourth-order valence-electron chi connectivity index (χ4n) is 1.59. The number of nitriles is 1. The maximum absolute atomic E-state index is 9.09. The van der Waals surface area contributed by atoms with Gasteiger partial charge in [0.15, 0.2) is 0 Å². The summed E-state index contributed by atoms with van der Waals surface area (Å²) in [5, 5.41) is 16.6. The van der Waals surface area contributed by atoms with E-state index in [1.54, 1.807) is 19.2 Å². The second kappa shape index (κ2) is 5.22. The van der Waals surface area contributed by atoms with Crippen molar-refractivity contribution >= 4 is 10.9 Å². The molecular weight excluding hydrogens is 230 g/mol. The topological polar surface area (TPSA) is 70.9 Å². The van der Waals surface area contributed by atoms with Gasteiger partial charge in [-0.3, -0.25) is 5.10 Å². The highest BCUT2D eigenvalue weighted by molar-refractivity contribution is 5.87. The van der Waals surface area contributed by atoms with Gasteiger partial charge >= 0.3 is 0 Å². The summed E-state index contributed by atoms with van der Waals surface area (Å²) < 4.78 is 10.4. The predicted molar refractivity (Wildman–Crippen MR) is 66.1 cm³/mol. The lowest BCUT2D eigenvalue weighted by molar-refractivity contribution is 0.146. The first-order chi connectivity index (χ1) is 8.80. The molecule has 1 N–H and O–H groups in total. The van der Waals surface area contributed by atoms with Gasteiger partial charge in [-0.1, -0.05) is 5.92 Å². The molecule has 1 aromatic heterocycles. The minimum absolute atomic E-state index is 0.378. The number of benzene rings is 1. The van der Waals surface area contributed by atoms with Crippen LogP contribution in [0.25, 0.3) is 10.9 Å². The number of nitrogens with zero attached hydrogens (tertiary/aromatic N) is 2. The molecule has 0 aliphatic rings. The highest BCUT2D eigenvalue weighted by Crippen LogP contribution is 2.26. The average Bonchev–Trinajstić information content (AvgIpc) is 2.80. The standard InChI is InChI=1S/C13H11N3O2/c1-3-11-10-6-9(8-14)13(18-5-4-17-2)7-12(10)16-15-11/h1,6-7H,4-5H2,2H3,(H,15,16). The zero-order valence-corrected chi connectivity index (χ0v) is 9.86. The molecule has 0 fully saturated rings. The number of terminal acetylenes is 1. The molecule has 0 saturated carbocycles. The molecule has 0 aliphatic carbocycles. The molecule has 0 bridgehead atoms. The molecule has 1 heterocycles. The normalized spacial score (nSPS) is 9.94. The number of aromatic amines is 1. The van der Waals surface area contributed by atoms with E-state index < -0.39 is 0 Å². The highest BCUT2D eigenvalue weighted by atomic mass is 16.5. The molecule has 2 aromatic rings. The van der Waals surface area contributed by atoms with Crippen molar-refractivity contribution in [2.24, 2.45) is 0 Å². The van der Waals surface area contributed by atoms with Gasteiger partial charge < -0.3 is 9.47 Å². The second-order valence-corrected chi connectivity index (χ2v) is 3.56. The number of nitrogens with one attached hydrogen (secondary N) is 1. The molecule has 0 amide bonds. The molecule has 0 saturated heterocycles. The van der Waals surface area contributed by atoms with E-state index in [-0.39, 0.29) is 0 Å². The lowest BCUT2D eigenvalue weighted by Crippen LogP contribution is -2.05. The molecular formula is C13H11N3O2. The Bertz CT molecular complexity index is 647. The van der Waals surface area contributed by atoms with Gasteiger partial charge in [0.1, 0.15) is 24.1 Å². The van der Waals surface area contributed by atoms with E-state index in [0.29, 0.717) is 35.7 Å². The number of H-pyrrole nitrogens is 1. The second-order valence-electron chi connectivity index (χ2n) is 3.56. The van der Waals surface area contributed by atoms with E-state index >= 15 is 0 Å². The maximum atomic E-state index is 9.09. The van der Waals surface area contributed by atoms with Gasteiger partial charge in [0, 0.05) is 18.6 Å². The largest absolute Gasteiger partial charge is 0.490 e. The fourth-order valence-corrected chi connectivity index (χ4v) is 1.59. The number of methoxy groups -OCH3 is 1. The third-order valence-electron chi connectivity index (χ3n) is 2.47. The summed E-state index contributed by atoms with van der Waals surface area (Å²) in [7, 11) is 1.59. The molecule has 0 aliphatic heterocycles. The van der Waals surface area contributed by atoms with Crippen molar-refractivity contribution < 1.29 is 9.47 Å². The predicted octanol–water partition coefficient (Wildman–Crippen LogP) is 1.44. The van der Waals surface area contributed by atoms with Crippen molar-refractivity contribution in [3.63, 3.8) is 0 Å². The molecule has 0 spiro atoms. The van der Waals surface area contributed by atoms with Crippen LogP contribution < -0.4 is 4.74 Å². The van der Waals surface area contributed by atoms with E-state index in [1.807, 2.05) is 0 Å². The Balaban J connectivity index is 2.42. The molecule has 0 atom stereocenters. The van der Waals surface area contributed by atoms with Gasteiger partial charge in [-0.2, -0.15) is 10.4 Å². The van der Waals surface area contributed by atoms with Crippen LogP contribution in [-0.4, -0.2) is 30.5 Å². The SMILES string of the molecule is C#Cc1[nH]nc2cc(OCCOC)c(C#N)cc12. The third-order valence-corrected chi connectivity index (χ3v) is 2.47. The first-order valence-electron chi connectivity index (χ1n) is 5.30. The van der Waals surface area contributed by atoms with Crippen LogP contribution in [0, 0.1) is 23.7 Å². The van der Waals surface area contributed by atoms with Crippen molar-refractivity contribution in [1.29, 1.82) is 5.26 Å². The minimum Gasteiger partial charge on any atom is -0.490 e. The van der Waals surface area contributed by atoms with Crippen LogP contribution in [0.1, 0.15) is 11.3 Å². The zero-order valence-electron chi connectivity index (χ0n) is 9.86. The van der Waals surface area contributed by atoms with E-state index in [0.717, 1.165) is 5.39 Å².